The van der Waals surface area contributed by atoms with Crippen LogP contribution in [-0.2, 0) is 0 Å². The van der Waals surface area contributed by atoms with Crippen molar-refractivity contribution >= 4 is 0 Å². The summed E-state index contributed by atoms with van der Waals surface area (Å²) in [5, 5.41) is 0. The Labute approximate surface area is 80.3 Å². The molecule has 0 radical (unpaired) electrons. The molecule has 2 rings (SSSR count). The normalized spacial score (nSPS) is 22.2. The Bertz CT molecular complexity index is 287. The van der Waals surface area contributed by atoms with Crippen LogP contribution in [0.4, 0.5) is 0 Å². The van der Waals surface area contributed by atoms with Crippen molar-refractivity contribution in [2.75, 3.05) is 0 Å². The molecule has 0 aromatic heterocycles. The van der Waals surface area contributed by atoms with Crippen LogP contribution in [0.2, 0.25) is 0 Å². The van der Waals surface area contributed by atoms with Crippen LogP contribution < -0.4 is 0 Å². The fraction of sp³-hybridized carbons (Fsp3) is 0.385. The molecule has 13 heavy (non-hydrogen) atoms. The molecule has 0 heterocycles. The lowest BCUT2D eigenvalue weighted by Crippen LogP contribution is -1.87. The summed E-state index contributed by atoms with van der Waals surface area (Å²) in [4.78, 5) is 0. The minimum absolute atomic E-state index is 1.21. The van der Waals surface area contributed by atoms with Crippen LogP contribution in [0.25, 0.3) is 0 Å². The largest absolute Gasteiger partial charge is 0.0839 e. The summed E-state index contributed by atoms with van der Waals surface area (Å²) in [6.45, 7) is 0. The van der Waals surface area contributed by atoms with E-state index in [9.17, 15) is 0 Å². The molecular weight excluding hydrogens is 156 g/mol. The Hall–Kier alpha value is -1.04. The van der Waals surface area contributed by atoms with Gasteiger partial charge in [-0.2, -0.15) is 0 Å². The third-order valence-corrected chi connectivity index (χ3v) is 2.56. The molecule has 0 aromatic carbocycles. The van der Waals surface area contributed by atoms with Crippen molar-refractivity contribution in [1.82, 2.24) is 0 Å². The number of rotatable bonds is 1. The van der Waals surface area contributed by atoms with E-state index in [4.69, 9.17) is 0 Å². The van der Waals surface area contributed by atoms with Gasteiger partial charge < -0.3 is 0 Å². The molecule has 0 atom stereocenters. The molecule has 68 valence electrons. The lowest BCUT2D eigenvalue weighted by Gasteiger charge is -2.07. The van der Waals surface area contributed by atoms with Crippen LogP contribution in [0.5, 0.6) is 0 Å². The highest BCUT2D eigenvalue weighted by Crippen LogP contribution is 2.22. The lowest BCUT2D eigenvalue weighted by atomic mass is 9.99. The van der Waals surface area contributed by atoms with E-state index >= 15 is 0 Å². The molecule has 0 N–H and O–H groups in total. The van der Waals surface area contributed by atoms with Gasteiger partial charge in [0.05, 0.1) is 0 Å². The molecule has 0 saturated heterocycles. The molecule has 0 nitrogen and oxygen atoms in total. The van der Waals surface area contributed by atoms with Crippen molar-refractivity contribution in [2.24, 2.45) is 0 Å². The molecular formula is C13H16. The summed E-state index contributed by atoms with van der Waals surface area (Å²) in [5.74, 6) is 0. The minimum atomic E-state index is 1.21. The van der Waals surface area contributed by atoms with Gasteiger partial charge in [-0.3, -0.25) is 0 Å². The smallest absolute Gasteiger partial charge is 0.0230 e. The summed E-state index contributed by atoms with van der Waals surface area (Å²) in [6.07, 6.45) is 20.0. The number of hydrogen-bond acceptors (Lipinski definition) is 0. The van der Waals surface area contributed by atoms with Gasteiger partial charge in [0.2, 0.25) is 0 Å². The third kappa shape index (κ3) is 2.21. The second kappa shape index (κ2) is 4.27. The zero-order valence-corrected chi connectivity index (χ0v) is 8.00. The molecule has 0 unspecified atom stereocenters. The van der Waals surface area contributed by atoms with Crippen LogP contribution >= 0.6 is 0 Å². The molecule has 0 heteroatoms. The Kier molecular flexibility index (Phi) is 2.81. The van der Waals surface area contributed by atoms with Crippen molar-refractivity contribution in [3.8, 4) is 0 Å². The van der Waals surface area contributed by atoms with Gasteiger partial charge in [0.1, 0.15) is 0 Å². The number of hydrogen-bond donors (Lipinski definition) is 0. The van der Waals surface area contributed by atoms with Crippen LogP contribution in [0.3, 0.4) is 0 Å². The van der Waals surface area contributed by atoms with Crippen molar-refractivity contribution < 1.29 is 0 Å². The van der Waals surface area contributed by atoms with Crippen molar-refractivity contribution in [3.05, 3.63) is 47.6 Å². The molecule has 2 aliphatic rings. The first kappa shape index (κ1) is 8.55. The van der Waals surface area contributed by atoms with E-state index in [-0.39, 0.29) is 0 Å². The van der Waals surface area contributed by atoms with Crippen LogP contribution in [0.1, 0.15) is 32.1 Å². The molecule has 0 spiro atoms. The average molecular weight is 172 g/mol. The first-order chi connectivity index (χ1) is 6.47. The summed E-state index contributed by atoms with van der Waals surface area (Å²) in [6, 6.07) is 0. The maximum Gasteiger partial charge on any atom is -0.0230 e. The zero-order chi connectivity index (χ0) is 8.93. The van der Waals surface area contributed by atoms with Crippen LogP contribution in [0, 0.1) is 0 Å². The first-order valence-electron chi connectivity index (χ1n) is 5.20. The quantitative estimate of drug-likeness (QED) is 0.562. The molecule has 0 fully saturated rings. The van der Waals surface area contributed by atoms with Crippen LogP contribution in [-0.4, -0.2) is 0 Å². The van der Waals surface area contributed by atoms with Crippen molar-refractivity contribution in [3.63, 3.8) is 0 Å². The average Bonchev–Trinajstić information content (AvgIpc) is 2.47. The molecule has 2 aliphatic carbocycles. The predicted molar refractivity (Wildman–Crippen MR) is 57.5 cm³/mol. The first-order valence-corrected chi connectivity index (χ1v) is 5.20. The highest BCUT2D eigenvalue weighted by Gasteiger charge is 2.02. The van der Waals surface area contributed by atoms with Gasteiger partial charge in [-0.15, -0.1) is 0 Å². The van der Waals surface area contributed by atoms with Gasteiger partial charge in [0.15, 0.2) is 0 Å². The maximum atomic E-state index is 2.37. The van der Waals surface area contributed by atoms with Crippen molar-refractivity contribution in [2.45, 2.75) is 32.1 Å². The van der Waals surface area contributed by atoms with Gasteiger partial charge in [0.25, 0.3) is 0 Å². The highest BCUT2D eigenvalue weighted by molar-refractivity contribution is 5.47. The van der Waals surface area contributed by atoms with Gasteiger partial charge in [0, 0.05) is 0 Å². The van der Waals surface area contributed by atoms with E-state index in [1.807, 2.05) is 0 Å². The summed E-state index contributed by atoms with van der Waals surface area (Å²) < 4.78 is 0. The summed E-state index contributed by atoms with van der Waals surface area (Å²) in [5.41, 5.74) is 2.85. The predicted octanol–water partition coefficient (Wildman–Crippen LogP) is 3.93. The van der Waals surface area contributed by atoms with E-state index in [1.165, 1.54) is 43.3 Å². The van der Waals surface area contributed by atoms with E-state index in [0.29, 0.717) is 0 Å². The molecule has 0 amide bonds. The fourth-order valence-electron chi connectivity index (χ4n) is 1.81. The van der Waals surface area contributed by atoms with Gasteiger partial charge in [-0.05, 0) is 43.3 Å². The molecule has 0 bridgehead atoms. The molecule has 0 saturated carbocycles. The van der Waals surface area contributed by atoms with Gasteiger partial charge in [-0.1, -0.05) is 36.5 Å². The standard InChI is InChI=1S/C13H16/c1-2-5-9-12(8-4-1)13-10-6-3-7-11-13/h4,6,8-11H,1-3,5,7H2. The van der Waals surface area contributed by atoms with Crippen LogP contribution in [0.15, 0.2) is 47.6 Å². The van der Waals surface area contributed by atoms with Gasteiger partial charge in [-0.25, -0.2) is 0 Å². The van der Waals surface area contributed by atoms with E-state index in [0.717, 1.165) is 0 Å². The Morgan fingerprint density at radius 2 is 1.38 bits per heavy atom. The minimum Gasteiger partial charge on any atom is -0.0839 e. The monoisotopic (exact) mass is 172 g/mol. The van der Waals surface area contributed by atoms with Gasteiger partial charge >= 0.3 is 0 Å². The summed E-state index contributed by atoms with van der Waals surface area (Å²) in [7, 11) is 0. The van der Waals surface area contributed by atoms with E-state index < -0.39 is 0 Å². The maximum absolute atomic E-state index is 2.37. The third-order valence-electron chi connectivity index (χ3n) is 2.56. The topological polar surface area (TPSA) is 0 Å². The highest BCUT2D eigenvalue weighted by atomic mass is 14.1. The fourth-order valence-corrected chi connectivity index (χ4v) is 1.81. The van der Waals surface area contributed by atoms with Crippen molar-refractivity contribution in [1.29, 1.82) is 0 Å². The number of allylic oxidation sites excluding steroid dienone is 8. The summed E-state index contributed by atoms with van der Waals surface area (Å²) >= 11 is 0. The lowest BCUT2D eigenvalue weighted by molar-refractivity contribution is 0.874. The second-order valence-corrected chi connectivity index (χ2v) is 3.63. The second-order valence-electron chi connectivity index (χ2n) is 3.63. The van der Waals surface area contributed by atoms with E-state index in [2.05, 4.69) is 36.5 Å². The Morgan fingerprint density at radius 3 is 2.15 bits per heavy atom. The Morgan fingerprint density at radius 1 is 0.692 bits per heavy atom. The molecule has 0 aromatic rings. The Balaban J connectivity index is 2.18. The SMILES string of the molecule is C1=CC(C2=CCCCC=C2)=CCC1. The van der Waals surface area contributed by atoms with E-state index in [1.54, 1.807) is 0 Å². The zero-order valence-electron chi connectivity index (χ0n) is 8.00. The molecule has 0 aliphatic heterocycles.